The number of aryl methyl sites for hydroxylation is 1. The van der Waals surface area contributed by atoms with Gasteiger partial charge in [0, 0.05) is 25.0 Å². The lowest BCUT2D eigenvalue weighted by molar-refractivity contribution is 0.111. The summed E-state index contributed by atoms with van der Waals surface area (Å²) in [7, 11) is 1.87. The van der Waals surface area contributed by atoms with Crippen LogP contribution in [0, 0.1) is 0 Å². The SMILES string of the molecule is Cn1cc(Nc2nccc(-c3ccc4c(c3)COCC4)n2)cn1. The molecule has 0 fully saturated rings. The van der Waals surface area contributed by atoms with Crippen LogP contribution >= 0.6 is 0 Å². The van der Waals surface area contributed by atoms with Crippen molar-refractivity contribution < 1.29 is 4.74 Å². The molecule has 1 N–H and O–H groups in total. The standard InChI is InChI=1S/C17H17N5O/c1-22-10-15(9-19-22)20-17-18-6-4-16(21-17)13-3-2-12-5-7-23-11-14(12)8-13/h2-4,6,8-10H,5,7,11H2,1H3,(H,18,20,21). The van der Waals surface area contributed by atoms with Crippen LogP contribution in [-0.2, 0) is 24.8 Å². The molecule has 3 aromatic rings. The number of benzene rings is 1. The summed E-state index contributed by atoms with van der Waals surface area (Å²) in [5, 5.41) is 7.29. The Balaban J connectivity index is 1.63. The summed E-state index contributed by atoms with van der Waals surface area (Å²) in [6.07, 6.45) is 6.36. The largest absolute Gasteiger partial charge is 0.376 e. The van der Waals surface area contributed by atoms with Crippen molar-refractivity contribution in [2.24, 2.45) is 7.05 Å². The Labute approximate surface area is 134 Å². The quantitative estimate of drug-likeness (QED) is 0.806. The Kier molecular flexibility index (Phi) is 3.51. The van der Waals surface area contributed by atoms with Crippen molar-refractivity contribution >= 4 is 11.6 Å². The van der Waals surface area contributed by atoms with Crippen LogP contribution in [0.5, 0.6) is 0 Å². The number of aromatic nitrogens is 4. The van der Waals surface area contributed by atoms with Gasteiger partial charge in [-0.1, -0.05) is 12.1 Å². The van der Waals surface area contributed by atoms with Crippen LogP contribution < -0.4 is 5.32 Å². The van der Waals surface area contributed by atoms with E-state index in [0.29, 0.717) is 12.6 Å². The second-order valence-electron chi connectivity index (χ2n) is 5.58. The van der Waals surface area contributed by atoms with Crippen molar-refractivity contribution in [1.82, 2.24) is 19.7 Å². The number of nitrogens with zero attached hydrogens (tertiary/aromatic N) is 4. The van der Waals surface area contributed by atoms with E-state index in [2.05, 4.69) is 38.6 Å². The second-order valence-corrected chi connectivity index (χ2v) is 5.58. The topological polar surface area (TPSA) is 64.9 Å². The first kappa shape index (κ1) is 13.9. The normalized spacial score (nSPS) is 13.6. The lowest BCUT2D eigenvalue weighted by Gasteiger charge is -2.17. The molecule has 23 heavy (non-hydrogen) atoms. The van der Waals surface area contributed by atoms with E-state index in [1.165, 1.54) is 11.1 Å². The molecule has 0 saturated heterocycles. The molecule has 6 heteroatoms. The first-order valence-corrected chi connectivity index (χ1v) is 7.56. The Morgan fingerprint density at radius 1 is 1.22 bits per heavy atom. The zero-order valence-electron chi connectivity index (χ0n) is 12.9. The predicted molar refractivity (Wildman–Crippen MR) is 87.3 cm³/mol. The van der Waals surface area contributed by atoms with Crippen LogP contribution in [0.1, 0.15) is 11.1 Å². The molecule has 0 atom stereocenters. The van der Waals surface area contributed by atoms with Gasteiger partial charge in [0.05, 0.1) is 30.8 Å². The average Bonchev–Trinajstić information content (AvgIpc) is 2.99. The maximum atomic E-state index is 5.54. The van der Waals surface area contributed by atoms with Crippen molar-refractivity contribution in [2.45, 2.75) is 13.0 Å². The predicted octanol–water partition coefficient (Wildman–Crippen LogP) is 2.69. The third-order valence-corrected chi connectivity index (χ3v) is 3.89. The molecule has 0 spiro atoms. The minimum atomic E-state index is 0.560. The number of anilines is 2. The Hall–Kier alpha value is -2.73. The van der Waals surface area contributed by atoms with E-state index in [1.54, 1.807) is 17.1 Å². The highest BCUT2D eigenvalue weighted by atomic mass is 16.5. The average molecular weight is 307 g/mol. The van der Waals surface area contributed by atoms with E-state index in [-0.39, 0.29) is 0 Å². The van der Waals surface area contributed by atoms with Crippen LogP contribution in [0.25, 0.3) is 11.3 Å². The Morgan fingerprint density at radius 2 is 2.17 bits per heavy atom. The van der Waals surface area contributed by atoms with Gasteiger partial charge in [0.15, 0.2) is 0 Å². The van der Waals surface area contributed by atoms with E-state index in [9.17, 15) is 0 Å². The number of hydrogen-bond donors (Lipinski definition) is 1. The van der Waals surface area contributed by atoms with E-state index in [4.69, 9.17) is 4.74 Å². The zero-order valence-corrected chi connectivity index (χ0v) is 12.9. The van der Waals surface area contributed by atoms with Gasteiger partial charge in [-0.15, -0.1) is 0 Å². The molecule has 116 valence electrons. The highest BCUT2D eigenvalue weighted by Crippen LogP contribution is 2.25. The summed E-state index contributed by atoms with van der Waals surface area (Å²) in [4.78, 5) is 8.87. The fraction of sp³-hybridized carbons (Fsp3) is 0.235. The van der Waals surface area contributed by atoms with Crippen LogP contribution in [0.4, 0.5) is 11.6 Å². The fourth-order valence-electron chi connectivity index (χ4n) is 2.72. The van der Waals surface area contributed by atoms with Crippen molar-refractivity contribution in [3.8, 4) is 11.3 Å². The van der Waals surface area contributed by atoms with Crippen molar-refractivity contribution in [2.75, 3.05) is 11.9 Å². The maximum Gasteiger partial charge on any atom is 0.227 e. The number of rotatable bonds is 3. The van der Waals surface area contributed by atoms with Gasteiger partial charge in [0.25, 0.3) is 0 Å². The Morgan fingerprint density at radius 3 is 3.04 bits per heavy atom. The van der Waals surface area contributed by atoms with E-state index >= 15 is 0 Å². The van der Waals surface area contributed by atoms with Gasteiger partial charge < -0.3 is 10.1 Å². The van der Waals surface area contributed by atoms with Crippen LogP contribution in [0.3, 0.4) is 0 Å². The molecule has 3 heterocycles. The highest BCUT2D eigenvalue weighted by molar-refractivity contribution is 5.63. The van der Waals surface area contributed by atoms with Crippen molar-refractivity contribution in [3.05, 3.63) is 54.0 Å². The molecule has 2 aromatic heterocycles. The first-order chi connectivity index (χ1) is 11.3. The lowest BCUT2D eigenvalue weighted by Crippen LogP contribution is -2.09. The molecule has 6 nitrogen and oxygen atoms in total. The summed E-state index contributed by atoms with van der Waals surface area (Å²) in [6, 6.07) is 8.36. The van der Waals surface area contributed by atoms with Gasteiger partial charge in [0.2, 0.25) is 5.95 Å². The summed E-state index contributed by atoms with van der Waals surface area (Å²) in [5.74, 6) is 0.560. The molecule has 1 aliphatic rings. The Bertz CT molecular complexity index is 843. The third-order valence-electron chi connectivity index (χ3n) is 3.89. The summed E-state index contributed by atoms with van der Waals surface area (Å²) in [5.41, 5.74) is 5.44. The molecule has 0 saturated carbocycles. The molecule has 4 rings (SSSR count). The molecule has 1 aromatic carbocycles. The molecule has 1 aliphatic heterocycles. The lowest BCUT2D eigenvalue weighted by atomic mass is 9.99. The number of ether oxygens (including phenoxy) is 1. The van der Waals surface area contributed by atoms with Crippen molar-refractivity contribution in [3.63, 3.8) is 0 Å². The molecule has 0 bridgehead atoms. The van der Waals surface area contributed by atoms with Crippen LogP contribution in [0.15, 0.2) is 42.9 Å². The smallest absolute Gasteiger partial charge is 0.227 e. The van der Waals surface area contributed by atoms with Gasteiger partial charge in [-0.2, -0.15) is 5.10 Å². The zero-order chi connectivity index (χ0) is 15.6. The van der Waals surface area contributed by atoms with Crippen LogP contribution in [-0.4, -0.2) is 26.4 Å². The summed E-state index contributed by atoms with van der Waals surface area (Å²) < 4.78 is 7.27. The molecular weight excluding hydrogens is 290 g/mol. The molecular formula is C17H17N5O. The second kappa shape index (κ2) is 5.81. The van der Waals surface area contributed by atoms with Crippen molar-refractivity contribution in [1.29, 1.82) is 0 Å². The summed E-state index contributed by atoms with van der Waals surface area (Å²) >= 11 is 0. The van der Waals surface area contributed by atoms with Gasteiger partial charge in [0.1, 0.15) is 0 Å². The summed E-state index contributed by atoms with van der Waals surface area (Å²) in [6.45, 7) is 1.48. The molecule has 0 amide bonds. The van der Waals surface area contributed by atoms with Gasteiger partial charge in [-0.3, -0.25) is 4.68 Å². The first-order valence-electron chi connectivity index (χ1n) is 7.56. The van der Waals surface area contributed by atoms with Gasteiger partial charge >= 0.3 is 0 Å². The number of hydrogen-bond acceptors (Lipinski definition) is 5. The highest BCUT2D eigenvalue weighted by Gasteiger charge is 2.11. The third kappa shape index (κ3) is 2.93. The van der Waals surface area contributed by atoms with Crippen LogP contribution in [0.2, 0.25) is 0 Å². The van der Waals surface area contributed by atoms with E-state index in [0.717, 1.165) is 30.0 Å². The minimum absolute atomic E-state index is 0.560. The fourth-order valence-corrected chi connectivity index (χ4v) is 2.72. The molecule has 0 radical (unpaired) electrons. The van der Waals surface area contributed by atoms with Gasteiger partial charge in [-0.05, 0) is 29.7 Å². The molecule has 0 unspecified atom stereocenters. The van der Waals surface area contributed by atoms with E-state index in [1.807, 2.05) is 19.3 Å². The molecule has 0 aliphatic carbocycles. The maximum absolute atomic E-state index is 5.54. The monoisotopic (exact) mass is 307 g/mol. The number of nitrogens with one attached hydrogen (secondary N) is 1. The van der Waals surface area contributed by atoms with Gasteiger partial charge in [-0.25, -0.2) is 9.97 Å². The number of fused-ring (bicyclic) bond motifs is 1. The van der Waals surface area contributed by atoms with E-state index < -0.39 is 0 Å². The minimum Gasteiger partial charge on any atom is -0.376 e.